The maximum Gasteiger partial charge on any atom is 0.237 e. The Labute approximate surface area is 90.6 Å². The summed E-state index contributed by atoms with van der Waals surface area (Å²) in [5.41, 5.74) is 1.62. The molecule has 0 aromatic carbocycles. The summed E-state index contributed by atoms with van der Waals surface area (Å²) in [5.74, 6) is 4.83. The number of amides is 1. The van der Waals surface area contributed by atoms with Gasteiger partial charge in [-0.1, -0.05) is 6.92 Å². The number of piperidine rings is 1. The number of hydrazine groups is 1. The first-order valence-electron chi connectivity index (χ1n) is 5.40. The number of rotatable bonds is 3. The molecule has 0 radical (unpaired) electrons. The highest BCUT2D eigenvalue weighted by molar-refractivity contribution is 5.77. The minimum atomic E-state index is -0.532. The smallest absolute Gasteiger partial charge is 0.237 e. The summed E-state index contributed by atoms with van der Waals surface area (Å²) < 4.78 is 0. The highest BCUT2D eigenvalue weighted by Crippen LogP contribution is 2.21. The van der Waals surface area contributed by atoms with Crippen LogP contribution in [0.5, 0.6) is 0 Å². The van der Waals surface area contributed by atoms with Crippen molar-refractivity contribution in [2.75, 3.05) is 19.6 Å². The van der Waals surface area contributed by atoms with Crippen LogP contribution >= 0.6 is 0 Å². The molecule has 0 aromatic rings. The van der Waals surface area contributed by atoms with Crippen LogP contribution in [-0.4, -0.2) is 41.1 Å². The fraction of sp³-hybridized carbons (Fsp3) is 0.900. The van der Waals surface area contributed by atoms with Crippen molar-refractivity contribution in [3.05, 3.63) is 0 Å². The minimum absolute atomic E-state index is 0.0990. The molecule has 15 heavy (non-hydrogen) atoms. The van der Waals surface area contributed by atoms with E-state index in [1.165, 1.54) is 0 Å². The Morgan fingerprint density at radius 1 is 1.60 bits per heavy atom. The van der Waals surface area contributed by atoms with Crippen LogP contribution in [0.3, 0.4) is 0 Å². The van der Waals surface area contributed by atoms with Crippen molar-refractivity contribution < 1.29 is 9.90 Å². The normalized spacial score (nSPS) is 23.5. The summed E-state index contributed by atoms with van der Waals surface area (Å²) in [6.07, 6.45) is 1.54. The molecule has 0 spiro atoms. The van der Waals surface area contributed by atoms with E-state index in [4.69, 9.17) is 5.84 Å². The Morgan fingerprint density at radius 2 is 2.13 bits per heavy atom. The Hall–Kier alpha value is -0.650. The van der Waals surface area contributed by atoms with E-state index in [9.17, 15) is 9.90 Å². The molecule has 1 atom stereocenters. The van der Waals surface area contributed by atoms with E-state index in [2.05, 4.69) is 10.3 Å². The zero-order valence-electron chi connectivity index (χ0n) is 9.49. The van der Waals surface area contributed by atoms with Gasteiger partial charge in [-0.2, -0.15) is 0 Å². The lowest BCUT2D eigenvalue weighted by Crippen LogP contribution is -2.46. The first kappa shape index (κ1) is 12.4. The first-order valence-corrected chi connectivity index (χ1v) is 5.40. The van der Waals surface area contributed by atoms with E-state index >= 15 is 0 Å². The molecular weight excluding hydrogens is 194 g/mol. The fourth-order valence-electron chi connectivity index (χ4n) is 1.83. The van der Waals surface area contributed by atoms with Crippen LogP contribution in [0.2, 0.25) is 0 Å². The second-order valence-electron chi connectivity index (χ2n) is 4.71. The third-order valence-electron chi connectivity index (χ3n) is 3.06. The first-order chi connectivity index (χ1) is 6.94. The highest BCUT2D eigenvalue weighted by atomic mass is 16.3. The van der Waals surface area contributed by atoms with E-state index < -0.39 is 5.60 Å². The summed E-state index contributed by atoms with van der Waals surface area (Å²) in [7, 11) is 0. The Morgan fingerprint density at radius 3 is 2.60 bits per heavy atom. The van der Waals surface area contributed by atoms with Crippen LogP contribution in [0.15, 0.2) is 0 Å². The molecule has 1 rings (SSSR count). The lowest BCUT2D eigenvalue weighted by atomic mass is 9.93. The van der Waals surface area contributed by atoms with Crippen molar-refractivity contribution in [1.82, 2.24) is 10.3 Å². The van der Waals surface area contributed by atoms with Crippen LogP contribution in [-0.2, 0) is 4.79 Å². The van der Waals surface area contributed by atoms with Crippen molar-refractivity contribution in [2.45, 2.75) is 32.3 Å². The van der Waals surface area contributed by atoms with Gasteiger partial charge in [0.15, 0.2) is 0 Å². The molecule has 0 bridgehead atoms. The number of hydrogen-bond acceptors (Lipinski definition) is 4. The Bertz CT molecular complexity index is 221. The second kappa shape index (κ2) is 4.92. The number of nitrogens with zero attached hydrogens (tertiary/aromatic N) is 1. The van der Waals surface area contributed by atoms with E-state index in [-0.39, 0.29) is 11.8 Å². The molecule has 5 heteroatoms. The van der Waals surface area contributed by atoms with Gasteiger partial charge in [0.2, 0.25) is 5.91 Å². The largest absolute Gasteiger partial charge is 0.390 e. The standard InChI is InChI=1S/C10H21N3O2/c1-8(9(14)12-11)7-13-5-3-10(2,15)4-6-13/h8,15H,3-7,11H2,1-2H3,(H,12,14). The Balaban J connectivity index is 2.32. The topological polar surface area (TPSA) is 78.6 Å². The van der Waals surface area contributed by atoms with Crippen molar-refractivity contribution in [1.29, 1.82) is 0 Å². The maximum absolute atomic E-state index is 11.2. The summed E-state index contributed by atoms with van der Waals surface area (Å²) >= 11 is 0. The van der Waals surface area contributed by atoms with E-state index in [0.717, 1.165) is 25.9 Å². The van der Waals surface area contributed by atoms with Gasteiger partial charge < -0.3 is 10.0 Å². The molecule has 1 amide bonds. The predicted octanol–water partition coefficient (Wildman–Crippen LogP) is -0.541. The van der Waals surface area contributed by atoms with E-state index in [1.54, 1.807) is 0 Å². The van der Waals surface area contributed by atoms with Crippen LogP contribution in [0, 0.1) is 5.92 Å². The van der Waals surface area contributed by atoms with Crippen LogP contribution in [0.4, 0.5) is 0 Å². The summed E-state index contributed by atoms with van der Waals surface area (Å²) in [5, 5.41) is 9.76. The fourth-order valence-corrected chi connectivity index (χ4v) is 1.83. The molecule has 4 N–H and O–H groups in total. The van der Waals surface area contributed by atoms with Crippen LogP contribution in [0.25, 0.3) is 0 Å². The zero-order valence-corrected chi connectivity index (χ0v) is 9.49. The van der Waals surface area contributed by atoms with Gasteiger partial charge in [-0.3, -0.25) is 10.2 Å². The van der Waals surface area contributed by atoms with Gasteiger partial charge in [-0.25, -0.2) is 5.84 Å². The lowest BCUT2D eigenvalue weighted by Gasteiger charge is -2.36. The number of nitrogens with two attached hydrogens (primary N) is 1. The molecule has 0 aliphatic carbocycles. The van der Waals surface area contributed by atoms with Gasteiger partial charge >= 0.3 is 0 Å². The second-order valence-corrected chi connectivity index (χ2v) is 4.71. The summed E-state index contributed by atoms with van der Waals surface area (Å²) in [4.78, 5) is 13.4. The quantitative estimate of drug-likeness (QED) is 0.335. The Kier molecular flexibility index (Phi) is 4.07. The molecule has 0 aromatic heterocycles. The number of carbonyl (C=O) groups is 1. The maximum atomic E-state index is 11.2. The molecule has 1 aliphatic rings. The predicted molar refractivity (Wildman–Crippen MR) is 57.8 cm³/mol. The summed E-state index contributed by atoms with van der Waals surface area (Å²) in [6, 6.07) is 0. The van der Waals surface area contributed by atoms with Crippen LogP contribution < -0.4 is 11.3 Å². The average Bonchev–Trinajstić information content (AvgIpc) is 2.20. The molecular formula is C10H21N3O2. The number of nitrogens with one attached hydrogen (secondary N) is 1. The number of aliphatic hydroxyl groups is 1. The van der Waals surface area contributed by atoms with Crippen molar-refractivity contribution in [2.24, 2.45) is 11.8 Å². The molecule has 1 saturated heterocycles. The molecule has 0 saturated carbocycles. The molecule has 1 aliphatic heterocycles. The van der Waals surface area contributed by atoms with Crippen molar-refractivity contribution in [3.8, 4) is 0 Å². The van der Waals surface area contributed by atoms with Crippen molar-refractivity contribution >= 4 is 5.91 Å². The van der Waals surface area contributed by atoms with Gasteiger partial charge in [0, 0.05) is 25.6 Å². The molecule has 88 valence electrons. The van der Waals surface area contributed by atoms with Crippen LogP contribution in [0.1, 0.15) is 26.7 Å². The minimum Gasteiger partial charge on any atom is -0.390 e. The SMILES string of the molecule is CC(CN1CCC(C)(O)CC1)C(=O)NN. The van der Waals surface area contributed by atoms with Crippen molar-refractivity contribution in [3.63, 3.8) is 0 Å². The molecule has 1 unspecified atom stereocenters. The van der Waals surface area contributed by atoms with Gasteiger partial charge in [-0.05, 0) is 19.8 Å². The monoisotopic (exact) mass is 215 g/mol. The molecule has 1 heterocycles. The molecule has 5 nitrogen and oxygen atoms in total. The van der Waals surface area contributed by atoms with E-state index in [1.807, 2.05) is 13.8 Å². The third-order valence-corrected chi connectivity index (χ3v) is 3.06. The lowest BCUT2D eigenvalue weighted by molar-refractivity contribution is -0.125. The van der Waals surface area contributed by atoms with Gasteiger partial charge in [0.1, 0.15) is 0 Å². The average molecular weight is 215 g/mol. The number of hydrogen-bond donors (Lipinski definition) is 3. The van der Waals surface area contributed by atoms with Gasteiger partial charge in [-0.15, -0.1) is 0 Å². The van der Waals surface area contributed by atoms with E-state index in [0.29, 0.717) is 6.54 Å². The number of likely N-dealkylation sites (tertiary alicyclic amines) is 1. The molecule has 1 fully saturated rings. The van der Waals surface area contributed by atoms with Gasteiger partial charge in [0.05, 0.1) is 5.60 Å². The summed E-state index contributed by atoms with van der Waals surface area (Å²) in [6.45, 7) is 6.11. The third kappa shape index (κ3) is 3.77. The highest BCUT2D eigenvalue weighted by Gasteiger charge is 2.28. The zero-order chi connectivity index (χ0) is 11.5. The van der Waals surface area contributed by atoms with Gasteiger partial charge in [0.25, 0.3) is 0 Å². The number of carbonyl (C=O) groups excluding carboxylic acids is 1.